The molecule has 3 rings (SSSR count). The first-order valence-corrected chi connectivity index (χ1v) is 9.21. The van der Waals surface area contributed by atoms with Crippen LogP contribution in [0.1, 0.15) is 32.6 Å². The van der Waals surface area contributed by atoms with Crippen molar-refractivity contribution in [3.8, 4) is 0 Å². The average molecular weight is 381 g/mol. The second-order valence-electron chi connectivity index (χ2n) is 7.40. The minimum Gasteiger partial charge on any atom is -0.462 e. The van der Waals surface area contributed by atoms with Crippen molar-refractivity contribution < 1.29 is 29.3 Å². The Morgan fingerprint density at radius 2 is 2.15 bits per heavy atom. The van der Waals surface area contributed by atoms with Crippen LogP contribution < -0.4 is 11.1 Å². The van der Waals surface area contributed by atoms with E-state index in [2.05, 4.69) is 11.9 Å². The lowest BCUT2D eigenvalue weighted by Crippen LogP contribution is -2.69. The van der Waals surface area contributed by atoms with Crippen molar-refractivity contribution in [3.05, 3.63) is 24.4 Å². The first-order chi connectivity index (χ1) is 12.8. The Balaban J connectivity index is 1.76. The third-order valence-corrected chi connectivity index (χ3v) is 5.49. The van der Waals surface area contributed by atoms with Crippen molar-refractivity contribution in [2.24, 2.45) is 11.7 Å². The Kier molecular flexibility index (Phi) is 5.57. The maximum absolute atomic E-state index is 12.6. The highest BCUT2D eigenvalue weighted by Gasteiger charge is 2.50. The van der Waals surface area contributed by atoms with Gasteiger partial charge in [-0.3, -0.25) is 10.6 Å². The van der Waals surface area contributed by atoms with Crippen LogP contribution in [0.4, 0.5) is 4.79 Å². The van der Waals surface area contributed by atoms with Crippen LogP contribution in [-0.4, -0.2) is 63.9 Å². The Bertz CT molecular complexity index is 647. The van der Waals surface area contributed by atoms with Gasteiger partial charge in [0.2, 0.25) is 5.66 Å². The number of carbonyl (C=O) groups is 2. The smallest absolute Gasteiger partial charge is 0.351 e. The number of urea groups is 1. The predicted molar refractivity (Wildman–Crippen MR) is 94.8 cm³/mol. The van der Waals surface area contributed by atoms with Crippen LogP contribution in [0.25, 0.3) is 0 Å². The topological polar surface area (TPSA) is 134 Å². The number of hydrogen-bond acceptors (Lipinski definition) is 7. The summed E-state index contributed by atoms with van der Waals surface area (Å²) in [7, 11) is 0. The Hall–Kier alpha value is -1.94. The maximum atomic E-state index is 12.6. The number of carbonyl (C=O) groups excluding carboxylic acids is 2. The monoisotopic (exact) mass is 381 g/mol. The lowest BCUT2D eigenvalue weighted by Gasteiger charge is -2.39. The third-order valence-electron chi connectivity index (χ3n) is 5.49. The molecule has 2 amide bonds. The molecule has 9 nitrogen and oxygen atoms in total. The molecule has 2 heterocycles. The quantitative estimate of drug-likeness (QED) is 0.490. The highest BCUT2D eigenvalue weighted by molar-refractivity contribution is 5.93. The predicted octanol–water partition coefficient (Wildman–Crippen LogP) is -0.0635. The number of esters is 1. The zero-order valence-corrected chi connectivity index (χ0v) is 15.3. The van der Waals surface area contributed by atoms with E-state index in [0.717, 1.165) is 30.6 Å². The lowest BCUT2D eigenvalue weighted by molar-refractivity contribution is -0.151. The molecule has 3 aliphatic rings. The van der Waals surface area contributed by atoms with E-state index in [9.17, 15) is 19.8 Å². The van der Waals surface area contributed by atoms with Gasteiger partial charge in [-0.25, -0.2) is 9.59 Å². The summed E-state index contributed by atoms with van der Waals surface area (Å²) in [4.78, 5) is 26.2. The van der Waals surface area contributed by atoms with E-state index in [1.54, 1.807) is 6.92 Å². The molecule has 1 aliphatic carbocycles. The average Bonchev–Trinajstić information content (AvgIpc) is 3.24. The van der Waals surface area contributed by atoms with Gasteiger partial charge in [-0.05, 0) is 25.7 Å². The molecule has 27 heavy (non-hydrogen) atoms. The van der Waals surface area contributed by atoms with Crippen LogP contribution in [0.5, 0.6) is 0 Å². The normalized spacial score (nSPS) is 37.1. The fourth-order valence-electron chi connectivity index (χ4n) is 3.73. The number of hydrogen-bond donors (Lipinski definition) is 4. The summed E-state index contributed by atoms with van der Waals surface area (Å²) in [6.07, 6.45) is 2.69. The molecule has 9 heteroatoms. The van der Waals surface area contributed by atoms with Crippen LogP contribution in [0, 0.1) is 5.92 Å². The van der Waals surface area contributed by atoms with Gasteiger partial charge < -0.3 is 25.0 Å². The van der Waals surface area contributed by atoms with Crippen LogP contribution in [-0.2, 0) is 14.3 Å². The van der Waals surface area contributed by atoms with Crippen molar-refractivity contribution in [2.45, 2.75) is 62.8 Å². The molecule has 5 N–H and O–H groups in total. The van der Waals surface area contributed by atoms with Crippen molar-refractivity contribution in [2.75, 3.05) is 6.61 Å². The fourth-order valence-corrected chi connectivity index (χ4v) is 3.73. The molecule has 2 fully saturated rings. The van der Waals surface area contributed by atoms with Gasteiger partial charge in [-0.2, -0.15) is 0 Å². The number of rotatable bonds is 5. The number of aliphatic hydroxyl groups is 2. The molecule has 0 spiro atoms. The number of ether oxygens (including phenoxy) is 2. The second kappa shape index (κ2) is 7.59. The van der Waals surface area contributed by atoms with E-state index in [4.69, 9.17) is 15.2 Å². The zero-order chi connectivity index (χ0) is 19.8. The first kappa shape index (κ1) is 19.8. The van der Waals surface area contributed by atoms with E-state index in [0.29, 0.717) is 5.92 Å². The number of nitrogens with zero attached hydrogens (tertiary/aromatic N) is 1. The summed E-state index contributed by atoms with van der Waals surface area (Å²) in [6, 6.07) is -0.744. The van der Waals surface area contributed by atoms with E-state index in [1.165, 1.54) is 12.3 Å². The van der Waals surface area contributed by atoms with Crippen LogP contribution in [0.2, 0.25) is 0 Å². The minimum atomic E-state index is -1.87. The molecule has 1 saturated carbocycles. The summed E-state index contributed by atoms with van der Waals surface area (Å²) in [5.41, 5.74) is 4.48. The summed E-state index contributed by atoms with van der Waals surface area (Å²) < 4.78 is 10.8. The fraction of sp³-hybridized carbons (Fsp3) is 0.667. The molecule has 0 aromatic carbocycles. The van der Waals surface area contributed by atoms with Crippen LogP contribution in [0.3, 0.4) is 0 Å². The largest absolute Gasteiger partial charge is 0.462 e. The Morgan fingerprint density at radius 3 is 2.70 bits per heavy atom. The van der Waals surface area contributed by atoms with Gasteiger partial charge in [0.1, 0.15) is 12.2 Å². The zero-order valence-electron chi connectivity index (χ0n) is 15.3. The molecule has 5 atom stereocenters. The van der Waals surface area contributed by atoms with Gasteiger partial charge >= 0.3 is 12.0 Å². The van der Waals surface area contributed by atoms with Gasteiger partial charge in [0.05, 0.1) is 12.7 Å². The molecule has 1 saturated heterocycles. The summed E-state index contributed by atoms with van der Waals surface area (Å²) in [6.45, 7) is 5.49. The van der Waals surface area contributed by atoms with Crippen LogP contribution in [0.15, 0.2) is 24.4 Å². The van der Waals surface area contributed by atoms with Crippen LogP contribution >= 0.6 is 0 Å². The molecule has 0 aromatic rings. The Morgan fingerprint density at radius 1 is 1.48 bits per heavy atom. The molecule has 0 bridgehead atoms. The Labute approximate surface area is 157 Å². The number of nitrogens with two attached hydrogens (primary N) is 1. The van der Waals surface area contributed by atoms with E-state index < -0.39 is 42.2 Å². The minimum absolute atomic E-state index is 0.198. The number of nitrogens with one attached hydrogen (secondary N) is 1. The van der Waals surface area contributed by atoms with Gasteiger partial charge in [0, 0.05) is 11.8 Å². The molecular weight excluding hydrogens is 354 g/mol. The maximum Gasteiger partial charge on any atom is 0.351 e. The van der Waals surface area contributed by atoms with Crippen molar-refractivity contribution in [1.29, 1.82) is 0 Å². The van der Waals surface area contributed by atoms with Gasteiger partial charge in [0.25, 0.3) is 0 Å². The van der Waals surface area contributed by atoms with E-state index in [-0.39, 0.29) is 12.2 Å². The lowest BCUT2D eigenvalue weighted by atomic mass is 9.98. The van der Waals surface area contributed by atoms with E-state index >= 15 is 0 Å². The molecule has 150 valence electrons. The van der Waals surface area contributed by atoms with Gasteiger partial charge in [-0.15, -0.1) is 0 Å². The highest BCUT2D eigenvalue weighted by Crippen LogP contribution is 2.30. The second-order valence-corrected chi connectivity index (χ2v) is 7.40. The van der Waals surface area contributed by atoms with Crippen molar-refractivity contribution in [3.63, 3.8) is 0 Å². The molecule has 2 aliphatic heterocycles. The van der Waals surface area contributed by atoms with Crippen molar-refractivity contribution >= 4 is 12.0 Å². The first-order valence-electron chi connectivity index (χ1n) is 9.21. The number of aliphatic hydroxyl groups excluding tert-OH is 2. The van der Waals surface area contributed by atoms with Gasteiger partial charge in [0.15, 0.2) is 6.23 Å². The molecule has 1 unspecified atom stereocenters. The standard InChI is InChI=1S/C18H27N3O6/c1-3-12-8-21(15-14(23)13(22)10(2)27-15)17(25)20-18(12,19)16(24)26-9-11-6-4-5-7-11/h3,8,10-11,13-15,22-23H,1,4-7,9,19H2,2H3,(H,20,25)/t10-,13-,14-,15-,18?/m1/s1. The summed E-state index contributed by atoms with van der Waals surface area (Å²) in [5.74, 6) is -0.454. The molecular formula is C18H27N3O6. The highest BCUT2D eigenvalue weighted by atomic mass is 16.6. The third kappa shape index (κ3) is 3.60. The molecule has 0 aromatic heterocycles. The van der Waals surface area contributed by atoms with Crippen molar-refractivity contribution in [1.82, 2.24) is 10.2 Å². The van der Waals surface area contributed by atoms with Gasteiger partial charge in [-0.1, -0.05) is 25.5 Å². The van der Waals surface area contributed by atoms with E-state index in [1.807, 2.05) is 0 Å². The number of amides is 2. The SMILES string of the molecule is C=CC1=CN([C@@H]2O[C@H](C)[C@@H](O)[C@H]2O)C(=O)NC1(N)C(=O)OCC1CCCC1. The summed E-state index contributed by atoms with van der Waals surface area (Å²) in [5, 5.41) is 22.4. The molecule has 0 radical (unpaired) electrons. The summed E-state index contributed by atoms with van der Waals surface area (Å²) >= 11 is 0.